The van der Waals surface area contributed by atoms with Crippen LogP contribution in [0, 0.1) is 27.7 Å². The van der Waals surface area contributed by atoms with Crippen molar-refractivity contribution in [1.29, 1.82) is 0 Å². The molecule has 0 aliphatic rings. The Kier molecular flexibility index (Phi) is 3.63. The van der Waals surface area contributed by atoms with Gasteiger partial charge in [-0.2, -0.15) is 0 Å². The standard InChI is InChI=1S/C16H18OP/c1-11-7-5-8-12(2)15(11)18(17)16-13(3)9-6-10-14(16)4/h5-10H,1-4H3/q+1. The van der Waals surface area contributed by atoms with Crippen molar-refractivity contribution in [3.8, 4) is 0 Å². The molecular weight excluding hydrogens is 239 g/mol. The monoisotopic (exact) mass is 257 g/mol. The summed E-state index contributed by atoms with van der Waals surface area (Å²) in [5.41, 5.74) is 4.44. The Morgan fingerprint density at radius 2 is 0.944 bits per heavy atom. The quantitative estimate of drug-likeness (QED) is 0.750. The van der Waals surface area contributed by atoms with Crippen molar-refractivity contribution in [2.75, 3.05) is 0 Å². The molecule has 0 heterocycles. The molecule has 0 aliphatic heterocycles. The third-order valence-corrected chi connectivity index (χ3v) is 5.51. The number of rotatable bonds is 2. The summed E-state index contributed by atoms with van der Waals surface area (Å²) in [7, 11) is -1.50. The zero-order valence-electron chi connectivity index (χ0n) is 11.3. The van der Waals surface area contributed by atoms with Crippen molar-refractivity contribution in [2.45, 2.75) is 27.7 Å². The van der Waals surface area contributed by atoms with Gasteiger partial charge in [0.25, 0.3) is 0 Å². The normalized spacial score (nSPS) is 10.4. The molecule has 0 spiro atoms. The molecule has 0 atom stereocenters. The predicted octanol–water partition coefficient (Wildman–Crippen LogP) is 3.70. The Hall–Kier alpha value is -1.46. The lowest BCUT2D eigenvalue weighted by Gasteiger charge is -2.03. The van der Waals surface area contributed by atoms with Crippen LogP contribution in [0.4, 0.5) is 0 Å². The van der Waals surface area contributed by atoms with Crippen LogP contribution in [-0.4, -0.2) is 0 Å². The largest absolute Gasteiger partial charge is 0.416 e. The molecule has 2 aromatic carbocycles. The van der Waals surface area contributed by atoms with E-state index in [9.17, 15) is 4.57 Å². The molecule has 2 rings (SSSR count). The van der Waals surface area contributed by atoms with Crippen LogP contribution in [0.5, 0.6) is 0 Å². The summed E-state index contributed by atoms with van der Waals surface area (Å²) in [6, 6.07) is 12.2. The van der Waals surface area contributed by atoms with Crippen LogP contribution in [0.15, 0.2) is 36.4 Å². The maximum atomic E-state index is 12.9. The molecule has 0 radical (unpaired) electrons. The average Bonchev–Trinajstić information content (AvgIpc) is 2.28. The van der Waals surface area contributed by atoms with E-state index >= 15 is 0 Å². The second kappa shape index (κ2) is 5.04. The number of hydrogen-bond donors (Lipinski definition) is 0. The fourth-order valence-corrected chi connectivity index (χ4v) is 4.17. The number of hydrogen-bond acceptors (Lipinski definition) is 1. The molecule has 0 aromatic heterocycles. The first-order valence-electron chi connectivity index (χ1n) is 6.12. The summed E-state index contributed by atoms with van der Waals surface area (Å²) in [5.74, 6) is 0. The van der Waals surface area contributed by atoms with Gasteiger partial charge in [0.15, 0.2) is 0 Å². The first-order chi connectivity index (χ1) is 8.52. The molecular formula is C16H18OP+. The van der Waals surface area contributed by atoms with E-state index in [1.165, 1.54) is 0 Å². The van der Waals surface area contributed by atoms with Gasteiger partial charge in [-0.15, -0.1) is 0 Å². The molecule has 0 unspecified atom stereocenters. The van der Waals surface area contributed by atoms with Crippen molar-refractivity contribution >= 4 is 18.4 Å². The van der Waals surface area contributed by atoms with Gasteiger partial charge in [0.1, 0.15) is 0 Å². The minimum absolute atomic E-state index is 0.991. The highest BCUT2D eigenvalue weighted by molar-refractivity contribution is 7.62. The summed E-state index contributed by atoms with van der Waals surface area (Å²) in [6.45, 7) is 8.12. The molecule has 0 bridgehead atoms. The van der Waals surface area contributed by atoms with Crippen LogP contribution in [0.1, 0.15) is 22.3 Å². The molecule has 92 valence electrons. The summed E-state index contributed by atoms with van der Waals surface area (Å²) < 4.78 is 12.9. The summed E-state index contributed by atoms with van der Waals surface area (Å²) in [5, 5.41) is 1.98. The van der Waals surface area contributed by atoms with E-state index in [-0.39, 0.29) is 0 Å². The number of aryl methyl sites for hydroxylation is 4. The van der Waals surface area contributed by atoms with Gasteiger partial charge in [0.2, 0.25) is 10.6 Å². The van der Waals surface area contributed by atoms with Crippen molar-refractivity contribution in [3.05, 3.63) is 58.7 Å². The van der Waals surface area contributed by atoms with Crippen LogP contribution >= 0.6 is 7.80 Å². The SMILES string of the molecule is Cc1cccc(C)c1[P+](=O)c1c(C)cccc1C. The van der Waals surface area contributed by atoms with Crippen molar-refractivity contribution < 1.29 is 4.57 Å². The maximum absolute atomic E-state index is 12.9. The van der Waals surface area contributed by atoms with Crippen LogP contribution in [-0.2, 0) is 4.57 Å². The van der Waals surface area contributed by atoms with Crippen molar-refractivity contribution in [1.82, 2.24) is 0 Å². The molecule has 0 saturated heterocycles. The second-order valence-corrected chi connectivity index (χ2v) is 6.26. The van der Waals surface area contributed by atoms with E-state index in [0.717, 1.165) is 32.9 Å². The zero-order valence-corrected chi connectivity index (χ0v) is 12.2. The Labute approximate surface area is 110 Å². The third-order valence-electron chi connectivity index (χ3n) is 3.29. The smallest absolute Gasteiger partial charge is 0.0614 e. The minimum Gasteiger partial charge on any atom is -0.0614 e. The molecule has 1 nitrogen and oxygen atoms in total. The topological polar surface area (TPSA) is 17.1 Å². The third kappa shape index (κ3) is 2.23. The summed E-state index contributed by atoms with van der Waals surface area (Å²) in [6.07, 6.45) is 0. The lowest BCUT2D eigenvalue weighted by Crippen LogP contribution is -2.16. The zero-order chi connectivity index (χ0) is 13.3. The van der Waals surface area contributed by atoms with E-state index in [4.69, 9.17) is 0 Å². The van der Waals surface area contributed by atoms with Crippen LogP contribution in [0.25, 0.3) is 0 Å². The molecule has 0 saturated carbocycles. The van der Waals surface area contributed by atoms with Gasteiger partial charge < -0.3 is 0 Å². The van der Waals surface area contributed by atoms with E-state index in [1.54, 1.807) is 0 Å². The molecule has 2 heteroatoms. The van der Waals surface area contributed by atoms with Gasteiger partial charge in [-0.1, -0.05) is 41.0 Å². The average molecular weight is 257 g/mol. The van der Waals surface area contributed by atoms with Crippen molar-refractivity contribution in [2.24, 2.45) is 0 Å². The molecule has 0 N–H and O–H groups in total. The second-order valence-electron chi connectivity index (χ2n) is 4.78. The van der Waals surface area contributed by atoms with Crippen LogP contribution in [0.3, 0.4) is 0 Å². The molecule has 0 aliphatic carbocycles. The van der Waals surface area contributed by atoms with E-state index in [0.29, 0.717) is 0 Å². The summed E-state index contributed by atoms with van der Waals surface area (Å²) >= 11 is 0. The van der Waals surface area contributed by atoms with E-state index < -0.39 is 7.80 Å². The Bertz CT molecular complexity index is 520. The highest BCUT2D eigenvalue weighted by atomic mass is 31.1. The predicted molar refractivity (Wildman–Crippen MR) is 78.7 cm³/mol. The van der Waals surface area contributed by atoms with Gasteiger partial charge in [-0.05, 0) is 27.7 Å². The van der Waals surface area contributed by atoms with Gasteiger partial charge in [-0.3, -0.25) is 0 Å². The van der Waals surface area contributed by atoms with E-state index in [1.807, 2.05) is 64.1 Å². The van der Waals surface area contributed by atoms with E-state index in [2.05, 4.69) is 0 Å². The van der Waals surface area contributed by atoms with Gasteiger partial charge >= 0.3 is 7.80 Å². The fraction of sp³-hybridized carbons (Fsp3) is 0.250. The van der Waals surface area contributed by atoms with Gasteiger partial charge in [0, 0.05) is 22.3 Å². The molecule has 2 aromatic rings. The fourth-order valence-electron chi connectivity index (χ4n) is 2.36. The first-order valence-corrected chi connectivity index (χ1v) is 7.38. The Morgan fingerprint density at radius 1 is 0.667 bits per heavy atom. The highest BCUT2D eigenvalue weighted by Gasteiger charge is 2.30. The Morgan fingerprint density at radius 3 is 1.22 bits per heavy atom. The maximum Gasteiger partial charge on any atom is 0.416 e. The minimum atomic E-state index is -1.50. The molecule has 0 amide bonds. The molecule has 18 heavy (non-hydrogen) atoms. The van der Waals surface area contributed by atoms with Gasteiger partial charge in [0.05, 0.1) is 0 Å². The van der Waals surface area contributed by atoms with Crippen LogP contribution in [0.2, 0.25) is 0 Å². The Balaban J connectivity index is 2.63. The highest BCUT2D eigenvalue weighted by Crippen LogP contribution is 2.26. The van der Waals surface area contributed by atoms with Gasteiger partial charge in [-0.25, -0.2) is 0 Å². The molecule has 0 fully saturated rings. The van der Waals surface area contributed by atoms with Crippen LogP contribution < -0.4 is 10.6 Å². The summed E-state index contributed by atoms with van der Waals surface area (Å²) in [4.78, 5) is 0. The lowest BCUT2D eigenvalue weighted by molar-refractivity contribution is 0.598. The number of benzene rings is 2. The van der Waals surface area contributed by atoms with Crippen molar-refractivity contribution in [3.63, 3.8) is 0 Å². The lowest BCUT2D eigenvalue weighted by atomic mass is 10.1. The first kappa shape index (κ1) is 13.0.